The summed E-state index contributed by atoms with van der Waals surface area (Å²) >= 11 is 0. The predicted molar refractivity (Wildman–Crippen MR) is 119 cm³/mol. The van der Waals surface area contributed by atoms with Gasteiger partial charge in [0.25, 0.3) is 5.91 Å². The molecule has 31 heavy (non-hydrogen) atoms. The molecule has 0 radical (unpaired) electrons. The summed E-state index contributed by atoms with van der Waals surface area (Å²) in [5, 5.41) is 2.81. The average Bonchev–Trinajstić information content (AvgIpc) is 2.77. The third kappa shape index (κ3) is 6.06. The van der Waals surface area contributed by atoms with Crippen molar-refractivity contribution in [2.24, 2.45) is 0 Å². The summed E-state index contributed by atoms with van der Waals surface area (Å²) < 4.78 is 37.7. The van der Waals surface area contributed by atoms with Gasteiger partial charge in [-0.25, -0.2) is 8.42 Å². The number of sulfonamides is 1. The molecule has 0 spiro atoms. The van der Waals surface area contributed by atoms with Crippen molar-refractivity contribution in [2.75, 3.05) is 32.9 Å². The van der Waals surface area contributed by atoms with Crippen LogP contribution in [-0.2, 0) is 26.1 Å². The van der Waals surface area contributed by atoms with Crippen molar-refractivity contribution in [1.82, 2.24) is 9.62 Å². The van der Waals surface area contributed by atoms with Gasteiger partial charge in [0.1, 0.15) is 5.75 Å². The van der Waals surface area contributed by atoms with E-state index in [1.165, 1.54) is 4.31 Å². The molecule has 7 nitrogen and oxygen atoms in total. The zero-order chi connectivity index (χ0) is 22.4. The van der Waals surface area contributed by atoms with Gasteiger partial charge >= 0.3 is 0 Å². The molecule has 0 atom stereocenters. The second kappa shape index (κ2) is 10.3. The zero-order valence-corrected chi connectivity index (χ0v) is 19.1. The lowest BCUT2D eigenvalue weighted by molar-refractivity contribution is -0.123. The van der Waals surface area contributed by atoms with Crippen molar-refractivity contribution in [3.8, 4) is 5.75 Å². The Morgan fingerprint density at radius 1 is 1.13 bits per heavy atom. The van der Waals surface area contributed by atoms with Gasteiger partial charge in [-0.2, -0.15) is 4.31 Å². The first-order valence-electron chi connectivity index (χ1n) is 10.4. The van der Waals surface area contributed by atoms with E-state index >= 15 is 0 Å². The normalized spacial score (nSPS) is 15.1. The van der Waals surface area contributed by atoms with Crippen LogP contribution in [0.25, 0.3) is 0 Å². The molecule has 1 saturated heterocycles. The maximum Gasteiger partial charge on any atom is 0.258 e. The quantitative estimate of drug-likeness (QED) is 0.674. The Morgan fingerprint density at radius 3 is 2.45 bits per heavy atom. The van der Waals surface area contributed by atoms with Crippen LogP contribution in [0.5, 0.6) is 5.75 Å². The van der Waals surface area contributed by atoms with Crippen LogP contribution in [-0.4, -0.2) is 51.5 Å². The van der Waals surface area contributed by atoms with E-state index < -0.39 is 10.0 Å². The second-order valence-corrected chi connectivity index (χ2v) is 9.86. The lowest BCUT2D eigenvalue weighted by Crippen LogP contribution is -2.40. The van der Waals surface area contributed by atoms with Crippen LogP contribution in [0.1, 0.15) is 36.5 Å². The summed E-state index contributed by atoms with van der Waals surface area (Å²) in [6.45, 7) is 7.91. The summed E-state index contributed by atoms with van der Waals surface area (Å²) in [7, 11) is -3.52. The maximum atomic E-state index is 12.7. The molecular weight excluding hydrogens is 416 g/mol. The van der Waals surface area contributed by atoms with Crippen LogP contribution in [0.2, 0.25) is 0 Å². The monoisotopic (exact) mass is 446 g/mol. The Morgan fingerprint density at radius 2 is 1.81 bits per heavy atom. The van der Waals surface area contributed by atoms with E-state index in [1.54, 1.807) is 24.3 Å². The SMILES string of the molecule is Cc1ccc(C(C)C)c(OCC(=O)NCc2ccc(S(=O)(=O)N3CCOCC3)cc2)c1. The van der Waals surface area contributed by atoms with Gasteiger partial charge in [-0.15, -0.1) is 0 Å². The minimum Gasteiger partial charge on any atom is -0.483 e. The van der Waals surface area contributed by atoms with Gasteiger partial charge in [0, 0.05) is 19.6 Å². The largest absolute Gasteiger partial charge is 0.483 e. The van der Waals surface area contributed by atoms with Crippen molar-refractivity contribution in [3.63, 3.8) is 0 Å². The summed E-state index contributed by atoms with van der Waals surface area (Å²) in [5.41, 5.74) is 2.95. The molecule has 0 unspecified atom stereocenters. The van der Waals surface area contributed by atoms with Gasteiger partial charge in [0.05, 0.1) is 18.1 Å². The fourth-order valence-electron chi connectivity index (χ4n) is 3.35. The van der Waals surface area contributed by atoms with Crippen LogP contribution >= 0.6 is 0 Å². The van der Waals surface area contributed by atoms with Crippen molar-refractivity contribution in [2.45, 2.75) is 38.1 Å². The fraction of sp³-hybridized carbons (Fsp3) is 0.435. The van der Waals surface area contributed by atoms with Gasteiger partial charge in [0.2, 0.25) is 10.0 Å². The molecule has 0 aromatic heterocycles. The number of ether oxygens (including phenoxy) is 2. The van der Waals surface area contributed by atoms with E-state index in [0.717, 1.165) is 22.4 Å². The number of carbonyl (C=O) groups excluding carboxylic acids is 1. The van der Waals surface area contributed by atoms with Crippen molar-refractivity contribution in [3.05, 3.63) is 59.2 Å². The van der Waals surface area contributed by atoms with Crippen molar-refractivity contribution < 1.29 is 22.7 Å². The Labute approximate surface area is 184 Å². The third-order valence-corrected chi connectivity index (χ3v) is 7.08. The summed E-state index contributed by atoms with van der Waals surface area (Å²) in [4.78, 5) is 12.5. The first-order chi connectivity index (χ1) is 14.8. The minimum absolute atomic E-state index is 0.0767. The molecule has 2 aromatic rings. The van der Waals surface area contributed by atoms with E-state index in [4.69, 9.17) is 9.47 Å². The number of carbonyl (C=O) groups is 1. The van der Waals surface area contributed by atoms with Crippen LogP contribution in [0.15, 0.2) is 47.4 Å². The minimum atomic E-state index is -3.52. The number of aryl methyl sites for hydroxylation is 1. The average molecular weight is 447 g/mol. The third-order valence-electron chi connectivity index (χ3n) is 5.17. The number of benzene rings is 2. The molecule has 1 N–H and O–H groups in total. The number of rotatable bonds is 8. The van der Waals surface area contributed by atoms with Crippen molar-refractivity contribution in [1.29, 1.82) is 0 Å². The molecule has 8 heteroatoms. The van der Waals surface area contributed by atoms with Crippen molar-refractivity contribution >= 4 is 15.9 Å². The standard InChI is InChI=1S/C23H30N2O5S/c1-17(2)21-9-4-18(3)14-22(21)30-16-23(26)24-15-19-5-7-20(8-6-19)31(27,28)25-10-12-29-13-11-25/h4-9,14,17H,10-13,15-16H2,1-3H3,(H,24,26). The van der Waals surface area contributed by atoms with E-state index in [9.17, 15) is 13.2 Å². The van der Waals surface area contributed by atoms with Crippen LogP contribution < -0.4 is 10.1 Å². The van der Waals surface area contributed by atoms with E-state index in [0.29, 0.717) is 38.8 Å². The Hall–Kier alpha value is -2.42. The lowest BCUT2D eigenvalue weighted by atomic mass is 10.0. The first kappa shape index (κ1) is 23.2. The molecule has 1 heterocycles. The number of hydrogen-bond donors (Lipinski definition) is 1. The molecule has 1 aliphatic rings. The molecular formula is C23H30N2O5S. The number of morpholine rings is 1. The Bertz CT molecular complexity index is 997. The Balaban J connectivity index is 1.53. The number of nitrogens with one attached hydrogen (secondary N) is 1. The van der Waals surface area contributed by atoms with Crippen LogP contribution in [0.4, 0.5) is 0 Å². The predicted octanol–water partition coefficient (Wildman–Crippen LogP) is 2.83. The molecule has 3 rings (SSSR count). The van der Waals surface area contributed by atoms with Gasteiger partial charge < -0.3 is 14.8 Å². The van der Waals surface area contributed by atoms with Gasteiger partial charge in [-0.05, 0) is 47.7 Å². The molecule has 2 aromatic carbocycles. The molecule has 1 amide bonds. The van der Waals surface area contributed by atoms with Crippen LogP contribution in [0, 0.1) is 6.92 Å². The topological polar surface area (TPSA) is 84.9 Å². The summed E-state index contributed by atoms with van der Waals surface area (Å²) in [6, 6.07) is 12.6. The zero-order valence-electron chi connectivity index (χ0n) is 18.3. The number of amides is 1. The number of hydrogen-bond acceptors (Lipinski definition) is 5. The van der Waals surface area contributed by atoms with Crippen LogP contribution in [0.3, 0.4) is 0 Å². The van der Waals surface area contributed by atoms with E-state index in [1.807, 2.05) is 25.1 Å². The molecule has 0 aliphatic carbocycles. The summed E-state index contributed by atoms with van der Waals surface area (Å²) in [5.74, 6) is 0.787. The highest BCUT2D eigenvalue weighted by molar-refractivity contribution is 7.89. The molecule has 0 saturated carbocycles. The Kier molecular flexibility index (Phi) is 7.69. The molecule has 0 bridgehead atoms. The number of nitrogens with zero attached hydrogens (tertiary/aromatic N) is 1. The van der Waals surface area contributed by atoms with E-state index in [-0.39, 0.29) is 17.4 Å². The fourth-order valence-corrected chi connectivity index (χ4v) is 4.76. The highest BCUT2D eigenvalue weighted by Crippen LogP contribution is 2.27. The molecule has 1 aliphatic heterocycles. The highest BCUT2D eigenvalue weighted by atomic mass is 32.2. The van der Waals surface area contributed by atoms with Gasteiger partial charge in [-0.1, -0.05) is 38.1 Å². The first-order valence-corrected chi connectivity index (χ1v) is 11.9. The lowest BCUT2D eigenvalue weighted by Gasteiger charge is -2.26. The molecule has 168 valence electrons. The maximum absolute atomic E-state index is 12.7. The highest BCUT2D eigenvalue weighted by Gasteiger charge is 2.26. The smallest absolute Gasteiger partial charge is 0.258 e. The summed E-state index contributed by atoms with van der Waals surface area (Å²) in [6.07, 6.45) is 0. The second-order valence-electron chi connectivity index (χ2n) is 7.92. The van der Waals surface area contributed by atoms with E-state index in [2.05, 4.69) is 19.2 Å². The molecule has 1 fully saturated rings. The van der Waals surface area contributed by atoms with Gasteiger partial charge in [0.15, 0.2) is 6.61 Å². The van der Waals surface area contributed by atoms with Gasteiger partial charge in [-0.3, -0.25) is 4.79 Å².